The van der Waals surface area contributed by atoms with Gasteiger partial charge in [-0.2, -0.15) is 0 Å². The lowest BCUT2D eigenvalue weighted by molar-refractivity contribution is 0.259. The number of nitrogens with one attached hydrogen (secondary N) is 1. The molecule has 0 fully saturated rings. The van der Waals surface area contributed by atoms with Crippen LogP contribution in [0.1, 0.15) is 35.9 Å². The van der Waals surface area contributed by atoms with E-state index >= 15 is 0 Å². The minimum absolute atomic E-state index is 0.491. The number of aromatic nitrogens is 1. The van der Waals surface area contributed by atoms with E-state index < -0.39 is 6.03 Å². The van der Waals surface area contributed by atoms with Crippen LogP contribution in [0.4, 0.5) is 10.5 Å². The molecule has 2 rings (SSSR count). The van der Waals surface area contributed by atoms with Gasteiger partial charge in [-0.15, -0.1) is 0 Å². The Morgan fingerprint density at radius 3 is 2.88 bits per heavy atom. The molecular formula is C12H17N3O. The van der Waals surface area contributed by atoms with E-state index in [1.165, 1.54) is 5.56 Å². The summed E-state index contributed by atoms with van der Waals surface area (Å²) in [6.07, 6.45) is 3.98. The summed E-state index contributed by atoms with van der Waals surface area (Å²) < 4.78 is 0. The van der Waals surface area contributed by atoms with Gasteiger partial charge in [-0.1, -0.05) is 6.92 Å². The van der Waals surface area contributed by atoms with E-state index in [1.54, 1.807) is 0 Å². The smallest absolute Gasteiger partial charge is 0.316 e. The molecule has 4 nitrogen and oxygen atoms in total. The number of anilines is 1. The molecule has 0 saturated carbocycles. The van der Waals surface area contributed by atoms with Crippen molar-refractivity contribution in [2.45, 2.75) is 39.5 Å². The van der Waals surface area contributed by atoms with Crippen molar-refractivity contribution in [3.8, 4) is 0 Å². The van der Waals surface area contributed by atoms with Crippen LogP contribution in [0.5, 0.6) is 0 Å². The summed E-state index contributed by atoms with van der Waals surface area (Å²) in [6.45, 7) is 4.06. The molecule has 1 heterocycles. The molecule has 16 heavy (non-hydrogen) atoms. The molecule has 0 radical (unpaired) electrons. The number of hydrogen-bond donors (Lipinski definition) is 2. The van der Waals surface area contributed by atoms with Crippen molar-refractivity contribution in [2.75, 3.05) is 5.32 Å². The second kappa shape index (κ2) is 4.12. The second-order valence-corrected chi connectivity index (χ2v) is 4.17. The van der Waals surface area contributed by atoms with Crippen molar-refractivity contribution in [2.24, 2.45) is 5.73 Å². The van der Waals surface area contributed by atoms with Crippen molar-refractivity contribution in [1.82, 2.24) is 4.98 Å². The first kappa shape index (κ1) is 10.9. The highest BCUT2D eigenvalue weighted by Crippen LogP contribution is 2.32. The van der Waals surface area contributed by atoms with Crippen LogP contribution < -0.4 is 11.1 Å². The lowest BCUT2D eigenvalue weighted by Crippen LogP contribution is -2.22. The number of fused-ring (bicyclic) bond motifs is 1. The molecule has 0 spiro atoms. The SMILES string of the molecule is CCc1c(C)nc2c(c1NC(N)=O)CCC2. The zero-order valence-electron chi connectivity index (χ0n) is 9.76. The highest BCUT2D eigenvalue weighted by Gasteiger charge is 2.21. The fourth-order valence-corrected chi connectivity index (χ4v) is 2.46. The third-order valence-electron chi connectivity index (χ3n) is 3.13. The molecule has 0 unspecified atom stereocenters. The highest BCUT2D eigenvalue weighted by molar-refractivity contribution is 5.90. The zero-order chi connectivity index (χ0) is 11.7. The van der Waals surface area contributed by atoms with Gasteiger partial charge in [0.2, 0.25) is 0 Å². The number of primary amides is 1. The maximum atomic E-state index is 11.0. The third kappa shape index (κ3) is 1.75. The van der Waals surface area contributed by atoms with E-state index in [0.717, 1.165) is 48.3 Å². The molecule has 1 aromatic heterocycles. The Morgan fingerprint density at radius 2 is 2.25 bits per heavy atom. The largest absolute Gasteiger partial charge is 0.351 e. The van der Waals surface area contributed by atoms with Gasteiger partial charge in [-0.3, -0.25) is 4.98 Å². The van der Waals surface area contributed by atoms with Gasteiger partial charge in [-0.25, -0.2) is 4.79 Å². The fourth-order valence-electron chi connectivity index (χ4n) is 2.46. The van der Waals surface area contributed by atoms with E-state index in [-0.39, 0.29) is 0 Å². The molecule has 1 aliphatic rings. The quantitative estimate of drug-likeness (QED) is 0.798. The summed E-state index contributed by atoms with van der Waals surface area (Å²) >= 11 is 0. The van der Waals surface area contributed by atoms with Gasteiger partial charge in [0.1, 0.15) is 0 Å². The molecule has 0 aromatic carbocycles. The molecule has 0 aliphatic heterocycles. The van der Waals surface area contributed by atoms with E-state index in [2.05, 4.69) is 17.2 Å². The molecule has 1 aromatic rings. The normalized spacial score (nSPS) is 13.6. The Morgan fingerprint density at radius 1 is 1.50 bits per heavy atom. The van der Waals surface area contributed by atoms with Crippen LogP contribution >= 0.6 is 0 Å². The van der Waals surface area contributed by atoms with Crippen molar-refractivity contribution in [3.63, 3.8) is 0 Å². The van der Waals surface area contributed by atoms with E-state index in [9.17, 15) is 4.79 Å². The molecular weight excluding hydrogens is 202 g/mol. The number of nitrogens with two attached hydrogens (primary N) is 1. The fraction of sp³-hybridized carbons (Fsp3) is 0.500. The summed E-state index contributed by atoms with van der Waals surface area (Å²) in [5.41, 5.74) is 10.6. The average molecular weight is 219 g/mol. The number of pyridine rings is 1. The lowest BCUT2D eigenvalue weighted by Gasteiger charge is -2.15. The summed E-state index contributed by atoms with van der Waals surface area (Å²) in [4.78, 5) is 15.6. The van der Waals surface area contributed by atoms with Gasteiger partial charge in [-0.05, 0) is 43.7 Å². The molecule has 0 bridgehead atoms. The Balaban J connectivity index is 2.56. The zero-order valence-corrected chi connectivity index (χ0v) is 9.76. The van der Waals surface area contributed by atoms with Crippen molar-refractivity contribution in [1.29, 1.82) is 0 Å². The first-order chi connectivity index (χ1) is 7.63. The third-order valence-corrected chi connectivity index (χ3v) is 3.13. The van der Waals surface area contributed by atoms with Gasteiger partial charge in [0, 0.05) is 11.4 Å². The monoisotopic (exact) mass is 219 g/mol. The minimum atomic E-state index is -0.491. The van der Waals surface area contributed by atoms with Crippen LogP contribution in [-0.2, 0) is 19.3 Å². The lowest BCUT2D eigenvalue weighted by atomic mass is 10.0. The van der Waals surface area contributed by atoms with Gasteiger partial charge in [0.05, 0.1) is 5.69 Å². The number of hydrogen-bond acceptors (Lipinski definition) is 2. The average Bonchev–Trinajstić information content (AvgIpc) is 2.64. The Bertz CT molecular complexity index is 437. The molecule has 0 atom stereocenters. The van der Waals surface area contributed by atoms with Crippen LogP contribution in [0.25, 0.3) is 0 Å². The summed E-state index contributed by atoms with van der Waals surface area (Å²) in [5.74, 6) is 0. The van der Waals surface area contributed by atoms with E-state index in [1.807, 2.05) is 6.92 Å². The number of rotatable bonds is 2. The van der Waals surface area contributed by atoms with E-state index in [0.29, 0.717) is 0 Å². The standard InChI is InChI=1S/C12H17N3O/c1-3-8-7(2)14-10-6-4-5-9(10)11(8)15-12(13)16/h3-6H2,1-2H3,(H3,13,14,15,16). The Hall–Kier alpha value is -1.58. The van der Waals surface area contributed by atoms with Crippen molar-refractivity contribution < 1.29 is 4.79 Å². The number of amides is 2. The number of nitrogens with zero attached hydrogens (tertiary/aromatic N) is 1. The van der Waals surface area contributed by atoms with Crippen LogP contribution in [-0.4, -0.2) is 11.0 Å². The van der Waals surface area contributed by atoms with Gasteiger partial charge < -0.3 is 11.1 Å². The van der Waals surface area contributed by atoms with Crippen molar-refractivity contribution >= 4 is 11.7 Å². The maximum absolute atomic E-state index is 11.0. The van der Waals surface area contributed by atoms with Gasteiger partial charge >= 0.3 is 6.03 Å². The number of carbonyl (C=O) groups is 1. The molecule has 2 amide bonds. The van der Waals surface area contributed by atoms with Crippen LogP contribution in [0, 0.1) is 6.92 Å². The topological polar surface area (TPSA) is 68.0 Å². The predicted octanol–water partition coefficient (Wildman–Crippen LogP) is 1.93. The number of carbonyl (C=O) groups excluding carboxylic acids is 1. The van der Waals surface area contributed by atoms with Crippen LogP contribution in [0.2, 0.25) is 0 Å². The van der Waals surface area contributed by atoms with Gasteiger partial charge in [0.25, 0.3) is 0 Å². The maximum Gasteiger partial charge on any atom is 0.316 e. The number of urea groups is 1. The molecule has 4 heteroatoms. The van der Waals surface area contributed by atoms with Crippen molar-refractivity contribution in [3.05, 3.63) is 22.5 Å². The Labute approximate surface area is 95.3 Å². The van der Waals surface area contributed by atoms with E-state index in [4.69, 9.17) is 5.73 Å². The second-order valence-electron chi connectivity index (χ2n) is 4.17. The summed E-state index contributed by atoms with van der Waals surface area (Å²) in [7, 11) is 0. The van der Waals surface area contributed by atoms with Crippen LogP contribution in [0.15, 0.2) is 0 Å². The Kier molecular flexibility index (Phi) is 2.81. The van der Waals surface area contributed by atoms with Crippen LogP contribution in [0.3, 0.4) is 0 Å². The summed E-state index contributed by atoms with van der Waals surface area (Å²) in [6, 6.07) is -0.491. The molecule has 1 aliphatic carbocycles. The predicted molar refractivity (Wildman–Crippen MR) is 63.6 cm³/mol. The highest BCUT2D eigenvalue weighted by atomic mass is 16.2. The first-order valence-corrected chi connectivity index (χ1v) is 5.71. The van der Waals surface area contributed by atoms with Gasteiger partial charge in [0.15, 0.2) is 0 Å². The molecule has 0 saturated heterocycles. The first-order valence-electron chi connectivity index (χ1n) is 5.71. The summed E-state index contributed by atoms with van der Waals surface area (Å²) in [5, 5.41) is 2.76. The minimum Gasteiger partial charge on any atom is -0.351 e. The molecule has 3 N–H and O–H groups in total. The molecule has 86 valence electrons. The number of aryl methyl sites for hydroxylation is 2.